The zero-order chi connectivity index (χ0) is 7.19. The zero-order valence-corrected chi connectivity index (χ0v) is 6.08. The smallest absolute Gasteiger partial charge is 0.0646 e. The third-order valence-corrected chi connectivity index (χ3v) is 2.90. The lowest BCUT2D eigenvalue weighted by Crippen LogP contribution is -2.27. The average Bonchev–Trinajstić information content (AvgIpc) is 2.84. The molecule has 0 amide bonds. The van der Waals surface area contributed by atoms with Gasteiger partial charge in [0.1, 0.15) is 0 Å². The van der Waals surface area contributed by atoms with E-state index in [2.05, 4.69) is 0 Å². The van der Waals surface area contributed by atoms with Gasteiger partial charge in [0.15, 0.2) is 0 Å². The molecule has 0 bridgehead atoms. The van der Waals surface area contributed by atoms with Crippen LogP contribution in [0.5, 0.6) is 0 Å². The molecule has 2 fully saturated rings. The van der Waals surface area contributed by atoms with Crippen molar-refractivity contribution in [1.82, 2.24) is 0 Å². The van der Waals surface area contributed by atoms with Gasteiger partial charge in [-0.15, -0.1) is 0 Å². The second-order valence-electron chi connectivity index (χ2n) is 3.80. The Balaban J connectivity index is 1.95. The molecule has 0 heterocycles. The maximum Gasteiger partial charge on any atom is 0.0646 e. The molecule has 0 aromatic carbocycles. The van der Waals surface area contributed by atoms with Crippen molar-refractivity contribution in [3.05, 3.63) is 0 Å². The van der Waals surface area contributed by atoms with Crippen molar-refractivity contribution in [2.75, 3.05) is 6.61 Å². The van der Waals surface area contributed by atoms with E-state index in [1.807, 2.05) is 0 Å². The molecule has 2 aliphatic rings. The van der Waals surface area contributed by atoms with Crippen LogP contribution < -0.4 is 0 Å². The molecule has 0 spiro atoms. The fourth-order valence-corrected chi connectivity index (χ4v) is 1.62. The third kappa shape index (κ3) is 0.867. The summed E-state index contributed by atoms with van der Waals surface area (Å²) in [7, 11) is 0. The Hall–Kier alpha value is -0.0800. The van der Waals surface area contributed by atoms with Crippen LogP contribution in [0.2, 0.25) is 0 Å². The molecular weight excluding hydrogens is 128 g/mol. The van der Waals surface area contributed by atoms with E-state index in [1.54, 1.807) is 0 Å². The molecule has 0 radical (unpaired) electrons. The van der Waals surface area contributed by atoms with Gasteiger partial charge in [0.05, 0.1) is 12.7 Å². The van der Waals surface area contributed by atoms with E-state index in [1.165, 1.54) is 12.8 Å². The van der Waals surface area contributed by atoms with E-state index in [0.29, 0.717) is 5.92 Å². The lowest BCUT2D eigenvalue weighted by Gasteiger charge is -2.18. The van der Waals surface area contributed by atoms with Crippen molar-refractivity contribution in [3.63, 3.8) is 0 Å². The van der Waals surface area contributed by atoms with Crippen LogP contribution in [-0.4, -0.2) is 22.9 Å². The normalized spacial score (nSPS) is 31.8. The minimum Gasteiger partial charge on any atom is -0.396 e. The lowest BCUT2D eigenvalue weighted by molar-refractivity contribution is 0.0351. The van der Waals surface area contributed by atoms with E-state index in [4.69, 9.17) is 5.11 Å². The van der Waals surface area contributed by atoms with Crippen LogP contribution in [0.15, 0.2) is 0 Å². The van der Waals surface area contributed by atoms with E-state index >= 15 is 0 Å². The molecule has 2 nitrogen and oxygen atoms in total. The molecule has 0 aromatic heterocycles. The van der Waals surface area contributed by atoms with Gasteiger partial charge < -0.3 is 10.2 Å². The largest absolute Gasteiger partial charge is 0.396 e. The van der Waals surface area contributed by atoms with Crippen molar-refractivity contribution in [2.24, 2.45) is 11.3 Å². The standard InChI is InChI=1S/C8H14O2/c9-5-8(3-4-8)7(10)6-1-2-6/h6-7,9-10H,1-5H2. The predicted octanol–water partition coefficient (Wildman–Crippen LogP) is 0.530. The Bertz CT molecular complexity index is 136. The molecule has 1 atom stereocenters. The van der Waals surface area contributed by atoms with Crippen molar-refractivity contribution in [2.45, 2.75) is 31.8 Å². The molecule has 2 aliphatic carbocycles. The van der Waals surface area contributed by atoms with E-state index in [0.717, 1.165) is 12.8 Å². The highest BCUT2D eigenvalue weighted by Crippen LogP contribution is 2.54. The highest BCUT2D eigenvalue weighted by atomic mass is 16.3. The first-order chi connectivity index (χ1) is 4.78. The number of aliphatic hydroxyl groups is 2. The van der Waals surface area contributed by atoms with Crippen LogP contribution in [0.3, 0.4) is 0 Å². The number of hydrogen-bond donors (Lipinski definition) is 2. The Labute approximate surface area is 60.9 Å². The fraction of sp³-hybridized carbons (Fsp3) is 1.00. The SMILES string of the molecule is OCC1(C(O)C2CC2)CC1. The van der Waals surface area contributed by atoms with Gasteiger partial charge >= 0.3 is 0 Å². The molecule has 0 aliphatic heterocycles. The first kappa shape index (κ1) is 6.62. The van der Waals surface area contributed by atoms with Crippen LogP contribution in [-0.2, 0) is 0 Å². The molecule has 2 rings (SSSR count). The molecule has 2 saturated carbocycles. The summed E-state index contributed by atoms with van der Waals surface area (Å²) >= 11 is 0. The fourth-order valence-electron chi connectivity index (χ4n) is 1.62. The Kier molecular flexibility index (Phi) is 1.29. The topological polar surface area (TPSA) is 40.5 Å². The van der Waals surface area contributed by atoms with Crippen LogP contribution in [0.4, 0.5) is 0 Å². The second kappa shape index (κ2) is 1.95. The lowest BCUT2D eigenvalue weighted by atomic mass is 9.96. The predicted molar refractivity (Wildman–Crippen MR) is 37.5 cm³/mol. The van der Waals surface area contributed by atoms with Gasteiger partial charge in [-0.2, -0.15) is 0 Å². The molecule has 1 unspecified atom stereocenters. The van der Waals surface area contributed by atoms with Crippen molar-refractivity contribution in [1.29, 1.82) is 0 Å². The summed E-state index contributed by atoms with van der Waals surface area (Å²) in [5.74, 6) is 0.523. The van der Waals surface area contributed by atoms with Gasteiger partial charge in [-0.25, -0.2) is 0 Å². The Morgan fingerprint density at radius 1 is 1.40 bits per heavy atom. The molecule has 2 N–H and O–H groups in total. The van der Waals surface area contributed by atoms with Gasteiger partial charge in [-0.1, -0.05) is 0 Å². The Morgan fingerprint density at radius 2 is 2.00 bits per heavy atom. The van der Waals surface area contributed by atoms with Crippen LogP contribution in [0.25, 0.3) is 0 Å². The highest BCUT2D eigenvalue weighted by molar-refractivity contribution is 5.03. The monoisotopic (exact) mass is 142 g/mol. The molecular formula is C8H14O2. The minimum absolute atomic E-state index is 0.0544. The van der Waals surface area contributed by atoms with Crippen molar-refractivity contribution >= 4 is 0 Å². The van der Waals surface area contributed by atoms with Crippen LogP contribution in [0, 0.1) is 11.3 Å². The first-order valence-corrected chi connectivity index (χ1v) is 4.07. The zero-order valence-electron chi connectivity index (χ0n) is 6.08. The summed E-state index contributed by atoms with van der Waals surface area (Å²) in [6, 6.07) is 0. The van der Waals surface area contributed by atoms with Crippen LogP contribution in [0.1, 0.15) is 25.7 Å². The van der Waals surface area contributed by atoms with Crippen LogP contribution >= 0.6 is 0 Å². The Morgan fingerprint density at radius 3 is 2.30 bits per heavy atom. The number of rotatable bonds is 3. The van der Waals surface area contributed by atoms with E-state index in [9.17, 15) is 5.11 Å². The summed E-state index contributed by atoms with van der Waals surface area (Å²) < 4.78 is 0. The van der Waals surface area contributed by atoms with Gasteiger partial charge in [-0.05, 0) is 31.6 Å². The van der Waals surface area contributed by atoms with E-state index < -0.39 is 0 Å². The van der Waals surface area contributed by atoms with E-state index in [-0.39, 0.29) is 18.1 Å². The number of hydrogen-bond acceptors (Lipinski definition) is 2. The summed E-state index contributed by atoms with van der Waals surface area (Å²) in [6.07, 6.45) is 4.20. The molecule has 58 valence electrons. The highest BCUT2D eigenvalue weighted by Gasteiger charge is 2.53. The average molecular weight is 142 g/mol. The third-order valence-electron chi connectivity index (χ3n) is 2.90. The maximum atomic E-state index is 9.62. The van der Waals surface area contributed by atoms with Gasteiger partial charge in [0.25, 0.3) is 0 Å². The first-order valence-electron chi connectivity index (χ1n) is 4.07. The molecule has 0 aromatic rings. The quantitative estimate of drug-likeness (QED) is 0.603. The second-order valence-corrected chi connectivity index (χ2v) is 3.80. The summed E-state index contributed by atoms with van der Waals surface area (Å²) in [5.41, 5.74) is -0.0544. The summed E-state index contributed by atoms with van der Waals surface area (Å²) in [4.78, 5) is 0. The van der Waals surface area contributed by atoms with Crippen molar-refractivity contribution < 1.29 is 10.2 Å². The molecule has 0 saturated heterocycles. The minimum atomic E-state index is -0.197. The van der Waals surface area contributed by atoms with Crippen molar-refractivity contribution in [3.8, 4) is 0 Å². The van der Waals surface area contributed by atoms with Gasteiger partial charge in [0.2, 0.25) is 0 Å². The summed E-state index contributed by atoms with van der Waals surface area (Å²) in [5, 5.41) is 18.6. The summed E-state index contributed by atoms with van der Waals surface area (Å²) in [6.45, 7) is 0.185. The maximum absolute atomic E-state index is 9.62. The molecule has 10 heavy (non-hydrogen) atoms. The molecule has 2 heteroatoms. The van der Waals surface area contributed by atoms with Gasteiger partial charge in [0, 0.05) is 5.41 Å². The number of aliphatic hydroxyl groups excluding tert-OH is 2. The van der Waals surface area contributed by atoms with Gasteiger partial charge in [-0.3, -0.25) is 0 Å².